The molecular formula is C21H32FN5. The molecule has 1 aliphatic rings. The van der Waals surface area contributed by atoms with Gasteiger partial charge < -0.3 is 20.5 Å². The fourth-order valence-electron chi connectivity index (χ4n) is 3.73. The fraction of sp³-hybridized carbons (Fsp3) is 0.571. The predicted octanol–water partition coefficient (Wildman–Crippen LogP) is 3.14. The van der Waals surface area contributed by atoms with Gasteiger partial charge in [0.25, 0.3) is 0 Å². The molecule has 0 aliphatic carbocycles. The number of aromatic amines is 1. The van der Waals surface area contributed by atoms with Crippen LogP contribution in [0.4, 0.5) is 4.39 Å². The van der Waals surface area contributed by atoms with E-state index in [1.165, 1.54) is 44.0 Å². The average molecular weight is 374 g/mol. The van der Waals surface area contributed by atoms with E-state index in [1.807, 2.05) is 12.3 Å². The Morgan fingerprint density at radius 2 is 2.11 bits per heavy atom. The van der Waals surface area contributed by atoms with Gasteiger partial charge in [0.1, 0.15) is 5.82 Å². The number of likely N-dealkylation sites (tertiary alicyclic amines) is 1. The first-order chi connectivity index (χ1) is 13.2. The summed E-state index contributed by atoms with van der Waals surface area (Å²) < 4.78 is 13.3. The van der Waals surface area contributed by atoms with Crippen molar-refractivity contribution in [2.75, 3.05) is 39.8 Å². The molecule has 0 unspecified atom stereocenters. The molecule has 27 heavy (non-hydrogen) atoms. The first-order valence-electron chi connectivity index (χ1n) is 10.1. The molecule has 3 N–H and O–H groups in total. The van der Waals surface area contributed by atoms with Crippen LogP contribution >= 0.6 is 0 Å². The number of guanidine groups is 1. The molecule has 2 aromatic rings. The molecular weight excluding hydrogens is 341 g/mol. The van der Waals surface area contributed by atoms with Gasteiger partial charge in [0.2, 0.25) is 0 Å². The second-order valence-electron chi connectivity index (χ2n) is 7.48. The highest BCUT2D eigenvalue weighted by Crippen LogP contribution is 2.20. The maximum atomic E-state index is 13.3. The third-order valence-electron chi connectivity index (χ3n) is 5.41. The first-order valence-corrected chi connectivity index (χ1v) is 10.1. The molecule has 2 heterocycles. The molecule has 148 valence electrons. The van der Waals surface area contributed by atoms with Crippen molar-refractivity contribution < 1.29 is 4.39 Å². The monoisotopic (exact) mass is 373 g/mol. The highest BCUT2D eigenvalue weighted by molar-refractivity contribution is 5.83. The molecule has 0 atom stereocenters. The molecule has 0 bridgehead atoms. The molecule has 1 aromatic heterocycles. The third-order valence-corrected chi connectivity index (χ3v) is 5.41. The zero-order valence-corrected chi connectivity index (χ0v) is 16.5. The minimum Gasteiger partial charge on any atom is -0.361 e. The van der Waals surface area contributed by atoms with Crippen molar-refractivity contribution in [3.8, 4) is 0 Å². The number of hydrogen-bond donors (Lipinski definition) is 3. The first kappa shape index (κ1) is 19.7. The Kier molecular flexibility index (Phi) is 7.10. The van der Waals surface area contributed by atoms with Crippen LogP contribution in [-0.4, -0.2) is 55.6 Å². The number of fused-ring (bicyclic) bond motifs is 1. The number of rotatable bonds is 7. The van der Waals surface area contributed by atoms with E-state index in [0.29, 0.717) is 0 Å². The van der Waals surface area contributed by atoms with Crippen LogP contribution in [0.5, 0.6) is 0 Å². The maximum Gasteiger partial charge on any atom is 0.191 e. The van der Waals surface area contributed by atoms with Crippen LogP contribution in [0.25, 0.3) is 10.9 Å². The van der Waals surface area contributed by atoms with E-state index in [4.69, 9.17) is 4.99 Å². The van der Waals surface area contributed by atoms with E-state index >= 15 is 0 Å². The predicted molar refractivity (Wildman–Crippen MR) is 111 cm³/mol. The maximum absolute atomic E-state index is 13.3. The smallest absolute Gasteiger partial charge is 0.191 e. The lowest BCUT2D eigenvalue weighted by atomic mass is 9.94. The van der Waals surface area contributed by atoms with Gasteiger partial charge in [0.15, 0.2) is 5.96 Å². The summed E-state index contributed by atoms with van der Waals surface area (Å²) in [6.07, 6.45) is 6.58. The van der Waals surface area contributed by atoms with E-state index in [-0.39, 0.29) is 5.82 Å². The van der Waals surface area contributed by atoms with E-state index < -0.39 is 0 Å². The zero-order chi connectivity index (χ0) is 19.1. The summed E-state index contributed by atoms with van der Waals surface area (Å²) in [6.45, 7) is 7.03. The van der Waals surface area contributed by atoms with Crippen LogP contribution in [-0.2, 0) is 6.42 Å². The molecule has 6 heteroatoms. The van der Waals surface area contributed by atoms with Crippen molar-refractivity contribution in [1.82, 2.24) is 20.5 Å². The van der Waals surface area contributed by atoms with Crippen LogP contribution in [0, 0.1) is 11.7 Å². The lowest BCUT2D eigenvalue weighted by molar-refractivity contribution is 0.214. The second kappa shape index (κ2) is 9.74. The van der Waals surface area contributed by atoms with Crippen LogP contribution in [0.1, 0.15) is 31.7 Å². The number of halogens is 1. The molecule has 0 radical (unpaired) electrons. The van der Waals surface area contributed by atoms with E-state index in [2.05, 4.69) is 34.5 Å². The molecule has 1 saturated heterocycles. The number of benzene rings is 1. The number of piperidine rings is 1. The Hall–Kier alpha value is -2.08. The largest absolute Gasteiger partial charge is 0.361 e. The topological polar surface area (TPSA) is 55.5 Å². The van der Waals surface area contributed by atoms with Gasteiger partial charge in [0.05, 0.1) is 0 Å². The van der Waals surface area contributed by atoms with Gasteiger partial charge in [-0.15, -0.1) is 0 Å². The number of nitrogens with one attached hydrogen (secondary N) is 3. The van der Waals surface area contributed by atoms with Crippen molar-refractivity contribution in [1.29, 1.82) is 0 Å². The van der Waals surface area contributed by atoms with Crippen molar-refractivity contribution in [3.05, 3.63) is 35.8 Å². The standard InChI is InChI=1S/C21H32FN5/c1-3-23-21(24-10-6-16-8-12-27(2)13-9-16)25-11-7-17-15-26-20-14-18(22)4-5-19(17)20/h4-5,14-16,26H,3,6-13H2,1-2H3,(H2,23,24,25). The van der Waals surface area contributed by atoms with Gasteiger partial charge in [-0.1, -0.05) is 0 Å². The Balaban J connectivity index is 1.47. The van der Waals surface area contributed by atoms with Crippen molar-refractivity contribution in [2.45, 2.75) is 32.6 Å². The molecule has 5 nitrogen and oxygen atoms in total. The van der Waals surface area contributed by atoms with Gasteiger partial charge in [-0.3, -0.25) is 4.99 Å². The van der Waals surface area contributed by atoms with Gasteiger partial charge in [0, 0.05) is 36.7 Å². The number of aromatic nitrogens is 1. The van der Waals surface area contributed by atoms with E-state index in [0.717, 1.165) is 48.8 Å². The fourth-order valence-corrected chi connectivity index (χ4v) is 3.73. The van der Waals surface area contributed by atoms with E-state index in [1.54, 1.807) is 6.07 Å². The number of nitrogens with zero attached hydrogens (tertiary/aromatic N) is 2. The SMILES string of the molecule is CCNC(=NCCC1CCN(C)CC1)NCCc1c[nH]c2cc(F)ccc12. The number of H-pyrrole nitrogens is 1. The minimum absolute atomic E-state index is 0.208. The quantitative estimate of drug-likeness (QED) is 0.516. The Morgan fingerprint density at radius 1 is 1.30 bits per heavy atom. The summed E-state index contributed by atoms with van der Waals surface area (Å²) in [6, 6.07) is 4.90. The molecule has 1 fully saturated rings. The van der Waals surface area contributed by atoms with Gasteiger partial charge in [-0.2, -0.15) is 0 Å². The second-order valence-corrected chi connectivity index (χ2v) is 7.48. The summed E-state index contributed by atoms with van der Waals surface area (Å²) >= 11 is 0. The lowest BCUT2D eigenvalue weighted by Gasteiger charge is -2.28. The Bertz CT molecular complexity index is 746. The number of hydrogen-bond acceptors (Lipinski definition) is 2. The minimum atomic E-state index is -0.208. The molecule has 1 aliphatic heterocycles. The summed E-state index contributed by atoms with van der Waals surface area (Å²) in [4.78, 5) is 10.3. The molecule has 3 rings (SSSR count). The van der Waals surface area contributed by atoms with Crippen LogP contribution in [0.15, 0.2) is 29.4 Å². The summed E-state index contributed by atoms with van der Waals surface area (Å²) in [5.74, 6) is 1.48. The van der Waals surface area contributed by atoms with Crippen molar-refractivity contribution in [2.24, 2.45) is 10.9 Å². The molecule has 0 amide bonds. The van der Waals surface area contributed by atoms with E-state index in [9.17, 15) is 4.39 Å². The molecule has 1 aromatic carbocycles. The average Bonchev–Trinajstić information content (AvgIpc) is 3.05. The Labute approximate surface area is 161 Å². The van der Waals surface area contributed by atoms with Crippen LogP contribution < -0.4 is 10.6 Å². The highest BCUT2D eigenvalue weighted by Gasteiger charge is 2.15. The summed E-state index contributed by atoms with van der Waals surface area (Å²) in [5.41, 5.74) is 2.04. The summed E-state index contributed by atoms with van der Waals surface area (Å²) in [5, 5.41) is 7.83. The Morgan fingerprint density at radius 3 is 2.89 bits per heavy atom. The van der Waals surface area contributed by atoms with Crippen LogP contribution in [0.2, 0.25) is 0 Å². The van der Waals surface area contributed by atoms with Gasteiger partial charge in [-0.25, -0.2) is 4.39 Å². The van der Waals surface area contributed by atoms with Crippen molar-refractivity contribution >= 4 is 16.9 Å². The molecule has 0 saturated carbocycles. The molecule has 0 spiro atoms. The summed E-state index contributed by atoms with van der Waals surface area (Å²) in [7, 11) is 2.20. The highest BCUT2D eigenvalue weighted by atomic mass is 19.1. The van der Waals surface area contributed by atoms with Crippen LogP contribution in [0.3, 0.4) is 0 Å². The van der Waals surface area contributed by atoms with Gasteiger partial charge in [-0.05, 0) is 82.4 Å². The third kappa shape index (κ3) is 5.70. The normalized spacial score (nSPS) is 16.8. The zero-order valence-electron chi connectivity index (χ0n) is 16.5. The number of aliphatic imine (C=N–C) groups is 1. The lowest BCUT2D eigenvalue weighted by Crippen LogP contribution is -2.38. The van der Waals surface area contributed by atoms with Crippen molar-refractivity contribution in [3.63, 3.8) is 0 Å². The van der Waals surface area contributed by atoms with Gasteiger partial charge >= 0.3 is 0 Å².